The van der Waals surface area contributed by atoms with Crippen molar-refractivity contribution >= 4 is 17.2 Å². The van der Waals surface area contributed by atoms with E-state index in [1.165, 1.54) is 5.56 Å². The molecule has 1 heterocycles. The number of fused-ring (bicyclic) bond motifs is 1. The van der Waals surface area contributed by atoms with E-state index in [4.69, 9.17) is 4.98 Å². The second-order valence-corrected chi connectivity index (χ2v) is 5.63. The van der Waals surface area contributed by atoms with E-state index in [-0.39, 0.29) is 5.41 Å². The van der Waals surface area contributed by atoms with Crippen LogP contribution in [-0.2, 0) is 11.8 Å². The molecule has 2 rings (SSSR count). The zero-order chi connectivity index (χ0) is 13.3. The van der Waals surface area contributed by atoms with Gasteiger partial charge in [0.25, 0.3) is 0 Å². The third kappa shape index (κ3) is 2.15. The van der Waals surface area contributed by atoms with Gasteiger partial charge in [0.05, 0.1) is 5.52 Å². The monoisotopic (exact) mass is 241 g/mol. The number of para-hydroxylation sites is 1. The van der Waals surface area contributed by atoms with Crippen LogP contribution in [0, 0.1) is 0 Å². The maximum Gasteiger partial charge on any atom is 0.150 e. The number of aldehydes is 1. The van der Waals surface area contributed by atoms with E-state index >= 15 is 0 Å². The predicted molar refractivity (Wildman–Crippen MR) is 75.2 cm³/mol. The molecule has 2 nitrogen and oxygen atoms in total. The first kappa shape index (κ1) is 12.7. The summed E-state index contributed by atoms with van der Waals surface area (Å²) in [5, 5.41) is 0.956. The summed E-state index contributed by atoms with van der Waals surface area (Å²) in [6.07, 6.45) is 1.86. The van der Waals surface area contributed by atoms with E-state index < -0.39 is 0 Å². The summed E-state index contributed by atoms with van der Waals surface area (Å²) >= 11 is 0. The zero-order valence-electron chi connectivity index (χ0n) is 11.4. The Morgan fingerprint density at radius 2 is 2.00 bits per heavy atom. The third-order valence-electron chi connectivity index (χ3n) is 3.23. The molecule has 94 valence electrons. The van der Waals surface area contributed by atoms with Crippen molar-refractivity contribution in [2.75, 3.05) is 0 Å². The van der Waals surface area contributed by atoms with Gasteiger partial charge in [-0.3, -0.25) is 9.78 Å². The Labute approximate surface area is 108 Å². The van der Waals surface area contributed by atoms with Crippen molar-refractivity contribution < 1.29 is 4.79 Å². The van der Waals surface area contributed by atoms with Gasteiger partial charge in [0, 0.05) is 22.1 Å². The molecule has 0 N–H and O–H groups in total. The van der Waals surface area contributed by atoms with Gasteiger partial charge in [0.1, 0.15) is 0 Å². The molecule has 2 aromatic rings. The normalized spacial score (nSPS) is 11.8. The van der Waals surface area contributed by atoms with Gasteiger partial charge in [-0.15, -0.1) is 0 Å². The Hall–Kier alpha value is -1.70. The summed E-state index contributed by atoms with van der Waals surface area (Å²) in [6.45, 7) is 8.46. The minimum Gasteiger partial charge on any atom is -0.298 e. The molecule has 0 aliphatic heterocycles. The second kappa shape index (κ2) is 4.52. The van der Waals surface area contributed by atoms with Crippen molar-refractivity contribution in [2.24, 2.45) is 0 Å². The number of benzene rings is 1. The van der Waals surface area contributed by atoms with Gasteiger partial charge in [-0.1, -0.05) is 45.9 Å². The van der Waals surface area contributed by atoms with Crippen LogP contribution in [0.3, 0.4) is 0 Å². The van der Waals surface area contributed by atoms with Gasteiger partial charge in [0.15, 0.2) is 6.29 Å². The van der Waals surface area contributed by atoms with E-state index in [2.05, 4.69) is 33.8 Å². The average molecular weight is 241 g/mol. The fourth-order valence-corrected chi connectivity index (χ4v) is 2.10. The van der Waals surface area contributed by atoms with Gasteiger partial charge < -0.3 is 0 Å². The Bertz CT molecular complexity index is 594. The standard InChI is InChI=1S/C16H19NO/c1-5-11-7-6-8-13-12(10-18)9-14(16(2,3)4)17-15(11)13/h6-10H,5H2,1-4H3. The number of carbonyl (C=O) groups is 1. The molecule has 2 heteroatoms. The molecule has 0 unspecified atom stereocenters. The molecule has 0 spiro atoms. The molecule has 1 aromatic carbocycles. The molecule has 0 atom stereocenters. The molecule has 0 saturated heterocycles. The minimum atomic E-state index is -0.0488. The highest BCUT2D eigenvalue weighted by Gasteiger charge is 2.18. The maximum absolute atomic E-state index is 11.3. The van der Waals surface area contributed by atoms with Crippen molar-refractivity contribution in [3.63, 3.8) is 0 Å². The molecule has 1 aromatic heterocycles. The van der Waals surface area contributed by atoms with Gasteiger partial charge in [-0.05, 0) is 18.1 Å². The van der Waals surface area contributed by atoms with Crippen LogP contribution in [0.25, 0.3) is 10.9 Å². The Balaban J connectivity index is 2.85. The molecular formula is C16H19NO. The average Bonchev–Trinajstić information content (AvgIpc) is 2.35. The SMILES string of the molecule is CCc1cccc2c(C=O)cc(C(C)(C)C)nc12. The van der Waals surface area contributed by atoms with Crippen LogP contribution in [0.5, 0.6) is 0 Å². The minimum absolute atomic E-state index is 0.0488. The number of pyridine rings is 1. The largest absolute Gasteiger partial charge is 0.298 e. The fraction of sp³-hybridized carbons (Fsp3) is 0.375. The molecule has 0 amide bonds. The van der Waals surface area contributed by atoms with E-state index in [1.54, 1.807) is 0 Å². The molecule has 0 aliphatic rings. The summed E-state index contributed by atoms with van der Waals surface area (Å²) in [5.74, 6) is 0. The molecular weight excluding hydrogens is 222 g/mol. The number of nitrogens with zero attached hydrogens (tertiary/aromatic N) is 1. The highest BCUT2D eigenvalue weighted by atomic mass is 16.1. The fourth-order valence-electron chi connectivity index (χ4n) is 2.10. The van der Waals surface area contributed by atoms with Crippen molar-refractivity contribution in [2.45, 2.75) is 39.5 Å². The first-order chi connectivity index (χ1) is 8.47. The summed E-state index contributed by atoms with van der Waals surface area (Å²) in [5.41, 5.74) is 3.82. The lowest BCUT2D eigenvalue weighted by molar-refractivity contribution is 0.112. The number of rotatable bonds is 2. The van der Waals surface area contributed by atoms with E-state index in [1.807, 2.05) is 18.2 Å². The molecule has 18 heavy (non-hydrogen) atoms. The topological polar surface area (TPSA) is 30.0 Å². The van der Waals surface area contributed by atoms with Crippen molar-refractivity contribution in [1.29, 1.82) is 0 Å². The quantitative estimate of drug-likeness (QED) is 0.746. The van der Waals surface area contributed by atoms with Crippen LogP contribution in [0.4, 0.5) is 0 Å². The molecule has 0 fully saturated rings. The number of aromatic nitrogens is 1. The van der Waals surface area contributed by atoms with Gasteiger partial charge in [-0.25, -0.2) is 0 Å². The maximum atomic E-state index is 11.3. The molecule has 0 aliphatic carbocycles. The Morgan fingerprint density at radius 1 is 1.28 bits per heavy atom. The van der Waals surface area contributed by atoms with Gasteiger partial charge in [-0.2, -0.15) is 0 Å². The number of hydrogen-bond donors (Lipinski definition) is 0. The van der Waals surface area contributed by atoms with Gasteiger partial charge >= 0.3 is 0 Å². The third-order valence-corrected chi connectivity index (χ3v) is 3.23. The summed E-state index contributed by atoms with van der Waals surface area (Å²) in [6, 6.07) is 7.95. The van der Waals surface area contributed by atoms with E-state index in [0.29, 0.717) is 0 Å². The molecule has 0 saturated carbocycles. The number of carbonyl (C=O) groups excluding carboxylic acids is 1. The first-order valence-corrected chi connectivity index (χ1v) is 6.35. The van der Waals surface area contributed by atoms with Crippen molar-refractivity contribution in [3.05, 3.63) is 41.1 Å². The number of hydrogen-bond acceptors (Lipinski definition) is 2. The van der Waals surface area contributed by atoms with Crippen LogP contribution < -0.4 is 0 Å². The first-order valence-electron chi connectivity index (χ1n) is 6.35. The van der Waals surface area contributed by atoms with Crippen molar-refractivity contribution in [3.8, 4) is 0 Å². The highest BCUT2D eigenvalue weighted by Crippen LogP contribution is 2.27. The second-order valence-electron chi connectivity index (χ2n) is 5.63. The number of aryl methyl sites for hydroxylation is 1. The van der Waals surface area contributed by atoms with Crippen LogP contribution >= 0.6 is 0 Å². The Kier molecular flexibility index (Phi) is 3.20. The Morgan fingerprint density at radius 3 is 2.56 bits per heavy atom. The van der Waals surface area contributed by atoms with Crippen LogP contribution in [0.15, 0.2) is 24.3 Å². The lowest BCUT2D eigenvalue weighted by Gasteiger charge is -2.19. The summed E-state index contributed by atoms with van der Waals surface area (Å²) in [7, 11) is 0. The summed E-state index contributed by atoms with van der Waals surface area (Å²) < 4.78 is 0. The van der Waals surface area contributed by atoms with Crippen LogP contribution in [-0.4, -0.2) is 11.3 Å². The molecule has 0 bridgehead atoms. The van der Waals surface area contributed by atoms with Gasteiger partial charge in [0.2, 0.25) is 0 Å². The lowest BCUT2D eigenvalue weighted by atomic mass is 9.89. The molecule has 0 radical (unpaired) electrons. The highest BCUT2D eigenvalue weighted by molar-refractivity contribution is 5.97. The van der Waals surface area contributed by atoms with Crippen LogP contribution in [0.1, 0.15) is 49.3 Å². The summed E-state index contributed by atoms with van der Waals surface area (Å²) in [4.78, 5) is 16.0. The predicted octanol–water partition coefficient (Wildman–Crippen LogP) is 3.91. The lowest BCUT2D eigenvalue weighted by Crippen LogP contribution is -2.14. The zero-order valence-corrected chi connectivity index (χ0v) is 11.4. The van der Waals surface area contributed by atoms with Crippen molar-refractivity contribution in [1.82, 2.24) is 4.98 Å². The smallest absolute Gasteiger partial charge is 0.150 e. The van der Waals surface area contributed by atoms with E-state index in [9.17, 15) is 4.79 Å². The van der Waals surface area contributed by atoms with E-state index in [0.717, 1.165) is 34.9 Å². The van der Waals surface area contributed by atoms with Crippen LogP contribution in [0.2, 0.25) is 0 Å².